The van der Waals surface area contributed by atoms with E-state index in [9.17, 15) is 8.78 Å². The number of rotatable bonds is 5. The van der Waals surface area contributed by atoms with Crippen LogP contribution in [0.4, 0.5) is 14.5 Å². The predicted molar refractivity (Wildman–Crippen MR) is 75.9 cm³/mol. The Labute approximate surface area is 123 Å². The summed E-state index contributed by atoms with van der Waals surface area (Å²) < 4.78 is 37.2. The van der Waals surface area contributed by atoms with E-state index in [0.29, 0.717) is 11.4 Å². The molecule has 0 unspecified atom stereocenters. The Balaban J connectivity index is 1.88. The number of benzene rings is 2. The van der Waals surface area contributed by atoms with Crippen LogP contribution < -0.4 is 15.2 Å². The highest BCUT2D eigenvalue weighted by atomic mass is 79.9. The van der Waals surface area contributed by atoms with E-state index in [1.165, 1.54) is 0 Å². The average molecular weight is 344 g/mol. The number of halogens is 3. The molecular formula is C14H12BrF2NO2. The minimum Gasteiger partial charge on any atom is -0.490 e. The van der Waals surface area contributed by atoms with Crippen LogP contribution in [0.2, 0.25) is 0 Å². The highest BCUT2D eigenvalue weighted by Gasteiger charge is 2.10. The number of anilines is 1. The molecule has 0 atom stereocenters. The minimum absolute atomic E-state index is 0.0393. The van der Waals surface area contributed by atoms with Gasteiger partial charge in [-0.2, -0.15) is 0 Å². The average Bonchev–Trinajstić information content (AvgIpc) is 2.36. The Kier molecular flexibility index (Phi) is 4.79. The molecule has 6 heteroatoms. The van der Waals surface area contributed by atoms with Crippen LogP contribution in [0.15, 0.2) is 40.9 Å². The van der Waals surface area contributed by atoms with Gasteiger partial charge >= 0.3 is 0 Å². The lowest BCUT2D eigenvalue weighted by Gasteiger charge is -2.10. The van der Waals surface area contributed by atoms with Gasteiger partial charge in [-0.25, -0.2) is 8.78 Å². The maximum atomic E-state index is 13.5. The Morgan fingerprint density at radius 3 is 2.50 bits per heavy atom. The molecule has 0 saturated heterocycles. The fourth-order valence-electron chi connectivity index (χ4n) is 1.57. The number of hydrogen-bond acceptors (Lipinski definition) is 3. The molecule has 0 spiro atoms. The molecule has 0 aliphatic rings. The lowest BCUT2D eigenvalue weighted by molar-refractivity contribution is 0.210. The van der Waals surface area contributed by atoms with Gasteiger partial charge in [0.25, 0.3) is 0 Å². The predicted octanol–water partition coefficient (Wildman–Crippen LogP) is 3.77. The molecule has 2 N–H and O–H groups in total. The first kappa shape index (κ1) is 14.6. The maximum Gasteiger partial charge on any atom is 0.169 e. The van der Waals surface area contributed by atoms with E-state index < -0.39 is 11.6 Å². The first-order chi connectivity index (χ1) is 9.56. The third-order valence-electron chi connectivity index (χ3n) is 2.42. The zero-order valence-corrected chi connectivity index (χ0v) is 12.0. The summed E-state index contributed by atoms with van der Waals surface area (Å²) in [6.07, 6.45) is 0. The lowest BCUT2D eigenvalue weighted by Crippen LogP contribution is -2.10. The molecule has 0 amide bonds. The summed E-state index contributed by atoms with van der Waals surface area (Å²) in [4.78, 5) is 0. The third-order valence-corrected chi connectivity index (χ3v) is 3.01. The second-order valence-corrected chi connectivity index (χ2v) is 4.82. The number of hydrogen-bond donors (Lipinski definition) is 1. The minimum atomic E-state index is -0.763. The monoisotopic (exact) mass is 343 g/mol. The molecule has 0 heterocycles. The normalized spacial score (nSPS) is 10.3. The fourth-order valence-corrected chi connectivity index (χ4v) is 2.10. The van der Waals surface area contributed by atoms with Crippen molar-refractivity contribution in [3.8, 4) is 11.5 Å². The van der Waals surface area contributed by atoms with Crippen molar-refractivity contribution in [1.82, 2.24) is 0 Å². The van der Waals surface area contributed by atoms with Crippen molar-refractivity contribution in [3.05, 3.63) is 52.5 Å². The van der Waals surface area contributed by atoms with E-state index in [1.807, 2.05) is 0 Å². The number of nitrogens with two attached hydrogens (primary N) is 1. The largest absolute Gasteiger partial charge is 0.490 e. The molecule has 0 aliphatic carbocycles. The molecule has 0 aliphatic heterocycles. The summed E-state index contributed by atoms with van der Waals surface area (Å²) in [6.45, 7) is 0.336. The third kappa shape index (κ3) is 3.84. The first-order valence-corrected chi connectivity index (χ1v) is 6.61. The van der Waals surface area contributed by atoms with Gasteiger partial charge in [0.1, 0.15) is 24.8 Å². The van der Waals surface area contributed by atoms with Crippen LogP contribution in [0.3, 0.4) is 0 Å². The van der Waals surface area contributed by atoms with Gasteiger partial charge in [0, 0.05) is 17.8 Å². The van der Waals surface area contributed by atoms with E-state index in [1.54, 1.807) is 24.3 Å². The highest BCUT2D eigenvalue weighted by molar-refractivity contribution is 9.10. The molecular weight excluding hydrogens is 332 g/mol. The maximum absolute atomic E-state index is 13.5. The summed E-state index contributed by atoms with van der Waals surface area (Å²) in [7, 11) is 0. The van der Waals surface area contributed by atoms with Crippen LogP contribution in [0, 0.1) is 11.6 Å². The van der Waals surface area contributed by atoms with Crippen LogP contribution in [-0.4, -0.2) is 13.2 Å². The molecule has 0 fully saturated rings. The van der Waals surface area contributed by atoms with Crippen molar-refractivity contribution in [2.45, 2.75) is 0 Å². The quantitative estimate of drug-likeness (QED) is 0.663. The molecule has 0 aromatic heterocycles. The lowest BCUT2D eigenvalue weighted by atomic mass is 10.3. The van der Waals surface area contributed by atoms with Crippen molar-refractivity contribution in [3.63, 3.8) is 0 Å². The smallest absolute Gasteiger partial charge is 0.169 e. The van der Waals surface area contributed by atoms with Crippen LogP contribution in [0.1, 0.15) is 0 Å². The van der Waals surface area contributed by atoms with Crippen molar-refractivity contribution in [2.24, 2.45) is 0 Å². The second-order valence-electron chi connectivity index (χ2n) is 3.97. The summed E-state index contributed by atoms with van der Waals surface area (Å²) in [5.74, 6) is -0.867. The second kappa shape index (κ2) is 6.56. The molecule has 2 aromatic rings. The fraction of sp³-hybridized carbons (Fsp3) is 0.143. The standard InChI is InChI=1S/C14H12BrF2NO2/c15-12-6-9(16)7-13(17)14(12)20-5-4-19-11-3-1-2-10(18)8-11/h1-3,6-8H,4-5,18H2. The SMILES string of the molecule is Nc1cccc(OCCOc2c(F)cc(F)cc2Br)c1. The van der Waals surface area contributed by atoms with E-state index >= 15 is 0 Å². The van der Waals surface area contributed by atoms with Crippen LogP contribution in [-0.2, 0) is 0 Å². The molecule has 20 heavy (non-hydrogen) atoms. The van der Waals surface area contributed by atoms with E-state index in [4.69, 9.17) is 15.2 Å². The molecule has 2 aromatic carbocycles. The van der Waals surface area contributed by atoms with Gasteiger partial charge in [0.15, 0.2) is 11.6 Å². The Morgan fingerprint density at radius 2 is 1.80 bits per heavy atom. The Bertz CT molecular complexity index is 584. The summed E-state index contributed by atoms with van der Waals surface area (Å²) in [6, 6.07) is 8.84. The van der Waals surface area contributed by atoms with Gasteiger partial charge in [-0.15, -0.1) is 0 Å². The van der Waals surface area contributed by atoms with Crippen molar-refractivity contribution in [2.75, 3.05) is 18.9 Å². The first-order valence-electron chi connectivity index (χ1n) is 5.82. The van der Waals surface area contributed by atoms with Crippen LogP contribution in [0.5, 0.6) is 11.5 Å². The van der Waals surface area contributed by atoms with Gasteiger partial charge in [-0.1, -0.05) is 6.07 Å². The molecule has 2 rings (SSSR count). The molecule has 0 bridgehead atoms. The molecule has 106 valence electrons. The Morgan fingerprint density at radius 1 is 1.05 bits per heavy atom. The van der Waals surface area contributed by atoms with Crippen LogP contribution in [0.25, 0.3) is 0 Å². The van der Waals surface area contributed by atoms with Crippen molar-refractivity contribution in [1.29, 1.82) is 0 Å². The van der Waals surface area contributed by atoms with E-state index in [-0.39, 0.29) is 23.4 Å². The zero-order chi connectivity index (χ0) is 14.5. The molecule has 0 saturated carbocycles. The van der Waals surface area contributed by atoms with Crippen molar-refractivity contribution >= 4 is 21.6 Å². The van der Waals surface area contributed by atoms with Gasteiger partial charge < -0.3 is 15.2 Å². The summed E-state index contributed by atoms with van der Waals surface area (Å²) in [5, 5.41) is 0. The van der Waals surface area contributed by atoms with Gasteiger partial charge in [-0.05, 0) is 34.1 Å². The van der Waals surface area contributed by atoms with Gasteiger partial charge in [-0.3, -0.25) is 0 Å². The number of nitrogen functional groups attached to an aromatic ring is 1. The zero-order valence-electron chi connectivity index (χ0n) is 10.4. The summed E-state index contributed by atoms with van der Waals surface area (Å²) >= 11 is 3.04. The van der Waals surface area contributed by atoms with E-state index in [2.05, 4.69) is 15.9 Å². The number of ether oxygens (including phenoxy) is 2. The highest BCUT2D eigenvalue weighted by Crippen LogP contribution is 2.29. The van der Waals surface area contributed by atoms with Crippen LogP contribution >= 0.6 is 15.9 Å². The topological polar surface area (TPSA) is 44.5 Å². The van der Waals surface area contributed by atoms with Crippen molar-refractivity contribution < 1.29 is 18.3 Å². The Hall–Kier alpha value is -1.82. The molecule has 0 radical (unpaired) electrons. The van der Waals surface area contributed by atoms with Gasteiger partial charge in [0.05, 0.1) is 4.47 Å². The van der Waals surface area contributed by atoms with E-state index in [0.717, 1.165) is 12.1 Å². The summed E-state index contributed by atoms with van der Waals surface area (Å²) in [5.41, 5.74) is 6.20. The van der Waals surface area contributed by atoms with Gasteiger partial charge in [0.2, 0.25) is 0 Å². The molecule has 3 nitrogen and oxygen atoms in total.